The van der Waals surface area contributed by atoms with Gasteiger partial charge >= 0.3 is 0 Å². The quantitative estimate of drug-likeness (QED) is 0.872. The molecule has 1 unspecified atom stereocenters. The number of carbonyl (C=O) groups is 1. The number of benzene rings is 1. The van der Waals surface area contributed by atoms with Crippen molar-refractivity contribution in [3.8, 4) is 5.75 Å². The molecular weight excluding hydrogens is 259 g/mol. The number of nitrogens with one attached hydrogen (secondary N) is 1. The average molecular weight is 282 g/mol. The third-order valence-corrected chi connectivity index (χ3v) is 2.76. The first kappa shape index (κ1) is 16.4. The Morgan fingerprint density at radius 1 is 1.45 bits per heavy atom. The molecule has 20 heavy (non-hydrogen) atoms. The molecule has 0 saturated carbocycles. The van der Waals surface area contributed by atoms with Crippen LogP contribution in [0.1, 0.15) is 33.6 Å². The number of anilines is 1. The molecule has 0 heterocycles. The van der Waals surface area contributed by atoms with Crippen LogP contribution in [0.25, 0.3) is 0 Å². The van der Waals surface area contributed by atoms with Crippen LogP contribution in [-0.4, -0.2) is 19.1 Å². The molecule has 5 heteroatoms. The highest BCUT2D eigenvalue weighted by atomic mass is 19.1. The van der Waals surface area contributed by atoms with Crippen molar-refractivity contribution >= 4 is 11.6 Å². The van der Waals surface area contributed by atoms with E-state index in [9.17, 15) is 9.18 Å². The molecule has 3 N–H and O–H groups in total. The maximum absolute atomic E-state index is 13.5. The third kappa shape index (κ3) is 5.57. The lowest BCUT2D eigenvalue weighted by Gasteiger charge is -2.22. The van der Waals surface area contributed by atoms with Gasteiger partial charge in [-0.3, -0.25) is 4.79 Å². The lowest BCUT2D eigenvalue weighted by molar-refractivity contribution is -0.116. The Balaban J connectivity index is 2.56. The lowest BCUT2D eigenvalue weighted by Crippen LogP contribution is -2.31. The molecule has 0 aromatic heterocycles. The first-order valence-electron chi connectivity index (χ1n) is 6.60. The number of nitrogens with two attached hydrogens (primary N) is 1. The molecule has 1 aromatic rings. The van der Waals surface area contributed by atoms with Gasteiger partial charge in [0.05, 0.1) is 7.11 Å². The number of amides is 1. The second kappa shape index (κ2) is 6.70. The van der Waals surface area contributed by atoms with E-state index in [1.54, 1.807) is 6.07 Å². The van der Waals surface area contributed by atoms with Crippen molar-refractivity contribution in [2.75, 3.05) is 12.4 Å². The minimum atomic E-state index is -0.510. The summed E-state index contributed by atoms with van der Waals surface area (Å²) in [6, 6.07) is 4.08. The van der Waals surface area contributed by atoms with Crippen molar-refractivity contribution in [3.63, 3.8) is 0 Å². The number of carbonyl (C=O) groups excluding carboxylic acids is 1. The first-order chi connectivity index (χ1) is 9.21. The normalized spacial score (nSPS) is 12.9. The number of methoxy groups -OCH3 is 1. The Morgan fingerprint density at radius 2 is 2.10 bits per heavy atom. The maximum atomic E-state index is 13.5. The first-order valence-corrected chi connectivity index (χ1v) is 6.60. The molecule has 1 amide bonds. The summed E-state index contributed by atoms with van der Waals surface area (Å²) in [5.41, 5.74) is 6.41. The number of ether oxygens (including phenoxy) is 1. The Labute approximate surface area is 119 Å². The number of hydrogen-bond donors (Lipinski definition) is 2. The summed E-state index contributed by atoms with van der Waals surface area (Å²) in [4.78, 5) is 11.8. The molecule has 1 aromatic carbocycles. The van der Waals surface area contributed by atoms with Gasteiger partial charge in [-0.25, -0.2) is 4.39 Å². The topological polar surface area (TPSA) is 64.3 Å². The van der Waals surface area contributed by atoms with Gasteiger partial charge in [-0.2, -0.15) is 0 Å². The summed E-state index contributed by atoms with van der Waals surface area (Å²) in [5, 5.41) is 2.64. The Bertz CT molecular complexity index is 469. The summed E-state index contributed by atoms with van der Waals surface area (Å²) in [7, 11) is 1.39. The van der Waals surface area contributed by atoms with Crippen molar-refractivity contribution < 1.29 is 13.9 Å². The minimum Gasteiger partial charge on any atom is -0.494 e. The van der Waals surface area contributed by atoms with Crippen LogP contribution in [0, 0.1) is 11.2 Å². The van der Waals surface area contributed by atoms with Crippen LogP contribution in [0.4, 0.5) is 10.1 Å². The van der Waals surface area contributed by atoms with Crippen LogP contribution in [0.15, 0.2) is 18.2 Å². The molecule has 1 rings (SSSR count). The lowest BCUT2D eigenvalue weighted by atomic mass is 9.87. The largest absolute Gasteiger partial charge is 0.494 e. The molecule has 4 nitrogen and oxygen atoms in total. The Kier molecular flexibility index (Phi) is 5.51. The average Bonchev–Trinajstić information content (AvgIpc) is 2.25. The second-order valence-corrected chi connectivity index (χ2v) is 6.13. The monoisotopic (exact) mass is 282 g/mol. The zero-order valence-electron chi connectivity index (χ0n) is 12.5. The van der Waals surface area contributed by atoms with E-state index in [-0.39, 0.29) is 29.5 Å². The van der Waals surface area contributed by atoms with Crippen LogP contribution in [-0.2, 0) is 4.79 Å². The SMILES string of the molecule is COc1ccc(NC(=O)CC(N)CC(C)(C)C)cc1F. The van der Waals surface area contributed by atoms with Gasteiger partial charge in [0.25, 0.3) is 0 Å². The van der Waals surface area contributed by atoms with E-state index in [0.29, 0.717) is 5.69 Å². The van der Waals surface area contributed by atoms with E-state index in [1.807, 2.05) is 0 Å². The fraction of sp³-hybridized carbons (Fsp3) is 0.533. The highest BCUT2D eigenvalue weighted by Gasteiger charge is 2.18. The van der Waals surface area contributed by atoms with Crippen molar-refractivity contribution in [1.29, 1.82) is 0 Å². The summed E-state index contributed by atoms with van der Waals surface area (Å²) < 4.78 is 18.3. The molecule has 0 aliphatic heterocycles. The van der Waals surface area contributed by atoms with Gasteiger partial charge in [0.1, 0.15) is 0 Å². The number of halogens is 1. The molecule has 0 saturated heterocycles. The maximum Gasteiger partial charge on any atom is 0.225 e. The third-order valence-electron chi connectivity index (χ3n) is 2.76. The smallest absolute Gasteiger partial charge is 0.225 e. The van der Waals surface area contributed by atoms with E-state index in [4.69, 9.17) is 10.5 Å². The molecule has 0 bridgehead atoms. The van der Waals surface area contributed by atoms with E-state index in [0.717, 1.165) is 6.42 Å². The molecule has 0 aliphatic rings. The summed E-state index contributed by atoms with van der Waals surface area (Å²) in [6.45, 7) is 6.22. The standard InChI is InChI=1S/C15H23FN2O2/c1-15(2,3)9-10(17)7-14(19)18-11-5-6-13(20-4)12(16)8-11/h5-6,8,10H,7,9,17H2,1-4H3,(H,18,19). The van der Waals surface area contributed by atoms with Gasteiger partial charge in [0.15, 0.2) is 11.6 Å². The van der Waals surface area contributed by atoms with Crippen LogP contribution in [0.3, 0.4) is 0 Å². The van der Waals surface area contributed by atoms with Crippen LogP contribution >= 0.6 is 0 Å². The predicted molar refractivity (Wildman–Crippen MR) is 78.2 cm³/mol. The highest BCUT2D eigenvalue weighted by Crippen LogP contribution is 2.22. The van der Waals surface area contributed by atoms with Gasteiger partial charge in [0, 0.05) is 24.2 Å². The van der Waals surface area contributed by atoms with E-state index >= 15 is 0 Å². The summed E-state index contributed by atoms with van der Waals surface area (Å²) >= 11 is 0. The van der Waals surface area contributed by atoms with Crippen molar-refractivity contribution in [2.24, 2.45) is 11.1 Å². The molecule has 1 atom stereocenters. The Morgan fingerprint density at radius 3 is 2.60 bits per heavy atom. The fourth-order valence-electron chi connectivity index (χ4n) is 2.05. The van der Waals surface area contributed by atoms with Crippen molar-refractivity contribution in [3.05, 3.63) is 24.0 Å². The van der Waals surface area contributed by atoms with Crippen LogP contribution < -0.4 is 15.8 Å². The molecule has 0 aliphatic carbocycles. The number of rotatable bonds is 5. The van der Waals surface area contributed by atoms with Gasteiger partial charge < -0.3 is 15.8 Å². The summed E-state index contributed by atoms with van der Waals surface area (Å²) in [5.74, 6) is -0.581. The zero-order valence-corrected chi connectivity index (χ0v) is 12.5. The van der Waals surface area contributed by atoms with E-state index in [2.05, 4.69) is 26.1 Å². The van der Waals surface area contributed by atoms with Gasteiger partial charge in [0.2, 0.25) is 5.91 Å². The number of hydrogen-bond acceptors (Lipinski definition) is 3. The molecule has 0 radical (unpaired) electrons. The second-order valence-electron chi connectivity index (χ2n) is 6.13. The van der Waals surface area contributed by atoms with E-state index < -0.39 is 5.82 Å². The van der Waals surface area contributed by atoms with Crippen molar-refractivity contribution in [1.82, 2.24) is 0 Å². The van der Waals surface area contributed by atoms with Crippen molar-refractivity contribution in [2.45, 2.75) is 39.7 Å². The summed E-state index contributed by atoms with van der Waals surface area (Å²) in [6.07, 6.45) is 0.961. The van der Waals surface area contributed by atoms with Crippen LogP contribution in [0.5, 0.6) is 5.75 Å². The molecular formula is C15H23FN2O2. The fourth-order valence-corrected chi connectivity index (χ4v) is 2.05. The Hall–Kier alpha value is -1.62. The molecule has 0 spiro atoms. The predicted octanol–water partition coefficient (Wildman–Crippen LogP) is 2.93. The van der Waals surface area contributed by atoms with Gasteiger partial charge in [-0.05, 0) is 24.0 Å². The molecule has 112 valence electrons. The van der Waals surface area contributed by atoms with E-state index in [1.165, 1.54) is 19.2 Å². The molecule has 0 fully saturated rings. The highest BCUT2D eigenvalue weighted by molar-refractivity contribution is 5.91. The van der Waals surface area contributed by atoms with Gasteiger partial charge in [-0.1, -0.05) is 20.8 Å². The minimum absolute atomic E-state index is 0.0753. The zero-order chi connectivity index (χ0) is 15.3. The van der Waals surface area contributed by atoms with Gasteiger partial charge in [-0.15, -0.1) is 0 Å². The van der Waals surface area contributed by atoms with Crippen LogP contribution in [0.2, 0.25) is 0 Å².